The highest BCUT2D eigenvalue weighted by molar-refractivity contribution is 7.15. The molecule has 0 aliphatic heterocycles. The van der Waals surface area contributed by atoms with Gasteiger partial charge in [-0.1, -0.05) is 11.3 Å². The van der Waals surface area contributed by atoms with Crippen LogP contribution in [0.5, 0.6) is 0 Å². The van der Waals surface area contributed by atoms with Gasteiger partial charge in [0.15, 0.2) is 0 Å². The van der Waals surface area contributed by atoms with Gasteiger partial charge < -0.3 is 10.6 Å². The van der Waals surface area contributed by atoms with E-state index in [1.807, 2.05) is 0 Å². The summed E-state index contributed by atoms with van der Waals surface area (Å²) in [4.78, 5) is 12.7. The molecule has 66 valence electrons. The van der Waals surface area contributed by atoms with Gasteiger partial charge in [-0.2, -0.15) is 0 Å². The Morgan fingerprint density at radius 2 is 2.25 bits per heavy atom. The Balaban J connectivity index is 2.58. The predicted octanol–water partition coefficient (Wildman–Crippen LogP) is -0.249. The summed E-state index contributed by atoms with van der Waals surface area (Å²) < 4.78 is 0. The lowest BCUT2D eigenvalue weighted by atomic mass is 10.4. The van der Waals surface area contributed by atoms with Gasteiger partial charge in [0.2, 0.25) is 11.0 Å². The van der Waals surface area contributed by atoms with Gasteiger partial charge in [-0.05, 0) is 0 Å². The third-order valence-electron chi connectivity index (χ3n) is 1.28. The van der Waals surface area contributed by atoms with Crippen LogP contribution in [-0.4, -0.2) is 35.1 Å². The molecule has 0 fully saturated rings. The zero-order valence-corrected chi connectivity index (χ0v) is 7.76. The van der Waals surface area contributed by atoms with Gasteiger partial charge >= 0.3 is 0 Å². The molecule has 1 amide bonds. The van der Waals surface area contributed by atoms with E-state index in [1.165, 1.54) is 16.2 Å². The maximum absolute atomic E-state index is 11.1. The highest BCUT2D eigenvalue weighted by Gasteiger charge is 2.08. The molecule has 0 bridgehead atoms. The van der Waals surface area contributed by atoms with Crippen LogP contribution in [0.4, 0.5) is 5.13 Å². The Kier molecular flexibility index (Phi) is 2.59. The lowest BCUT2D eigenvalue weighted by Crippen LogP contribution is -2.23. The number of amides is 1. The standard InChI is InChI=1S/C6H10N4OS/c1-10(2)5(11)3-4-8-9-6(7)12-4/h3H2,1-2H3,(H2,7,9). The molecule has 2 N–H and O–H groups in total. The Bertz CT molecular complexity index is 283. The summed E-state index contributed by atoms with van der Waals surface area (Å²) in [6.45, 7) is 0. The van der Waals surface area contributed by atoms with E-state index in [4.69, 9.17) is 5.73 Å². The van der Waals surface area contributed by atoms with Crippen molar-refractivity contribution in [3.63, 3.8) is 0 Å². The number of aromatic nitrogens is 2. The van der Waals surface area contributed by atoms with Crippen molar-refractivity contribution >= 4 is 22.4 Å². The zero-order chi connectivity index (χ0) is 9.14. The third-order valence-corrected chi connectivity index (χ3v) is 2.04. The molecule has 0 spiro atoms. The van der Waals surface area contributed by atoms with E-state index in [9.17, 15) is 4.79 Å². The van der Waals surface area contributed by atoms with E-state index in [2.05, 4.69) is 10.2 Å². The fourth-order valence-electron chi connectivity index (χ4n) is 0.626. The molecule has 1 rings (SSSR count). The van der Waals surface area contributed by atoms with Gasteiger partial charge in [-0.15, -0.1) is 10.2 Å². The van der Waals surface area contributed by atoms with Gasteiger partial charge in [-0.25, -0.2) is 0 Å². The number of hydrogen-bond acceptors (Lipinski definition) is 5. The normalized spacial score (nSPS) is 9.83. The number of nitrogens with two attached hydrogens (primary N) is 1. The average molecular weight is 186 g/mol. The van der Waals surface area contributed by atoms with Crippen LogP contribution in [0.3, 0.4) is 0 Å². The van der Waals surface area contributed by atoms with Crippen LogP contribution in [0.1, 0.15) is 5.01 Å². The molecule has 0 aliphatic rings. The minimum Gasteiger partial charge on any atom is -0.374 e. The van der Waals surface area contributed by atoms with Crippen molar-refractivity contribution in [1.82, 2.24) is 15.1 Å². The minimum atomic E-state index is 0.00569. The van der Waals surface area contributed by atoms with Crippen LogP contribution in [-0.2, 0) is 11.2 Å². The summed E-state index contributed by atoms with van der Waals surface area (Å²) in [7, 11) is 3.40. The Labute approximate surface area is 74.2 Å². The lowest BCUT2D eigenvalue weighted by molar-refractivity contribution is -0.127. The first-order valence-corrected chi connectivity index (χ1v) is 4.19. The van der Waals surface area contributed by atoms with Crippen molar-refractivity contribution in [3.8, 4) is 0 Å². The van der Waals surface area contributed by atoms with Gasteiger partial charge in [0.1, 0.15) is 5.01 Å². The molecule has 0 aromatic carbocycles. The van der Waals surface area contributed by atoms with Crippen molar-refractivity contribution < 1.29 is 4.79 Å². The van der Waals surface area contributed by atoms with E-state index in [-0.39, 0.29) is 12.3 Å². The van der Waals surface area contributed by atoms with E-state index in [0.29, 0.717) is 10.1 Å². The Morgan fingerprint density at radius 1 is 1.58 bits per heavy atom. The lowest BCUT2D eigenvalue weighted by Gasteiger charge is -2.07. The molecular formula is C6H10N4OS. The fourth-order valence-corrected chi connectivity index (χ4v) is 1.23. The largest absolute Gasteiger partial charge is 0.374 e. The van der Waals surface area contributed by atoms with Crippen LogP contribution in [0.2, 0.25) is 0 Å². The van der Waals surface area contributed by atoms with E-state index < -0.39 is 0 Å². The second kappa shape index (κ2) is 3.48. The summed E-state index contributed by atoms with van der Waals surface area (Å²) in [6.07, 6.45) is 0.280. The highest BCUT2D eigenvalue weighted by atomic mass is 32.1. The van der Waals surface area contributed by atoms with Crippen molar-refractivity contribution in [3.05, 3.63) is 5.01 Å². The van der Waals surface area contributed by atoms with Crippen LogP contribution in [0.25, 0.3) is 0 Å². The first-order chi connectivity index (χ1) is 5.59. The molecule has 0 aliphatic carbocycles. The molecule has 1 aromatic rings. The maximum Gasteiger partial charge on any atom is 0.229 e. The molecule has 0 radical (unpaired) electrons. The van der Waals surface area contributed by atoms with Gasteiger partial charge in [0.25, 0.3) is 0 Å². The number of likely N-dealkylation sites (N-methyl/N-ethyl adjacent to an activating group) is 1. The van der Waals surface area contributed by atoms with Crippen LogP contribution < -0.4 is 5.73 Å². The van der Waals surface area contributed by atoms with Gasteiger partial charge in [0.05, 0.1) is 6.42 Å². The predicted molar refractivity (Wildman–Crippen MR) is 46.7 cm³/mol. The SMILES string of the molecule is CN(C)C(=O)Cc1nnc(N)s1. The molecule has 0 saturated heterocycles. The number of anilines is 1. The van der Waals surface area contributed by atoms with Crippen LogP contribution in [0, 0.1) is 0 Å². The summed E-state index contributed by atoms with van der Waals surface area (Å²) in [5.74, 6) is 0.00569. The third kappa shape index (κ3) is 2.16. The van der Waals surface area contributed by atoms with Crippen LogP contribution >= 0.6 is 11.3 Å². The molecule has 6 heteroatoms. The summed E-state index contributed by atoms with van der Waals surface area (Å²) in [5, 5.41) is 8.40. The quantitative estimate of drug-likeness (QED) is 0.691. The number of carbonyl (C=O) groups is 1. The Morgan fingerprint density at radius 3 is 2.67 bits per heavy atom. The number of hydrogen-bond donors (Lipinski definition) is 1. The van der Waals surface area contributed by atoms with E-state index in [0.717, 1.165) is 0 Å². The maximum atomic E-state index is 11.1. The molecule has 0 saturated carbocycles. The molecule has 5 nitrogen and oxygen atoms in total. The number of nitrogens with zero attached hydrogens (tertiary/aromatic N) is 3. The van der Waals surface area contributed by atoms with Gasteiger partial charge in [0, 0.05) is 14.1 Å². The second-order valence-corrected chi connectivity index (χ2v) is 3.59. The van der Waals surface area contributed by atoms with Crippen molar-refractivity contribution in [1.29, 1.82) is 0 Å². The second-order valence-electron chi connectivity index (χ2n) is 2.50. The average Bonchev–Trinajstić information content (AvgIpc) is 2.35. The smallest absolute Gasteiger partial charge is 0.229 e. The summed E-state index contributed by atoms with van der Waals surface area (Å²) >= 11 is 1.24. The molecule has 1 aromatic heterocycles. The molecule has 0 unspecified atom stereocenters. The van der Waals surface area contributed by atoms with Crippen molar-refractivity contribution in [2.75, 3.05) is 19.8 Å². The number of carbonyl (C=O) groups excluding carboxylic acids is 1. The number of rotatable bonds is 2. The number of nitrogen functional groups attached to an aromatic ring is 1. The first kappa shape index (κ1) is 8.92. The first-order valence-electron chi connectivity index (χ1n) is 3.37. The zero-order valence-electron chi connectivity index (χ0n) is 6.94. The molecule has 1 heterocycles. The van der Waals surface area contributed by atoms with Crippen molar-refractivity contribution in [2.24, 2.45) is 0 Å². The van der Waals surface area contributed by atoms with Gasteiger partial charge in [-0.3, -0.25) is 4.79 Å². The monoisotopic (exact) mass is 186 g/mol. The molecule has 0 atom stereocenters. The summed E-state index contributed by atoms with van der Waals surface area (Å²) in [6, 6.07) is 0. The minimum absolute atomic E-state index is 0.00569. The summed E-state index contributed by atoms with van der Waals surface area (Å²) in [5.41, 5.74) is 5.35. The highest BCUT2D eigenvalue weighted by Crippen LogP contribution is 2.11. The Hall–Kier alpha value is -1.17. The molecule has 12 heavy (non-hydrogen) atoms. The van der Waals surface area contributed by atoms with E-state index in [1.54, 1.807) is 14.1 Å². The van der Waals surface area contributed by atoms with Crippen LogP contribution in [0.15, 0.2) is 0 Å². The van der Waals surface area contributed by atoms with E-state index >= 15 is 0 Å². The van der Waals surface area contributed by atoms with Crippen molar-refractivity contribution in [2.45, 2.75) is 6.42 Å². The molecular weight excluding hydrogens is 176 g/mol. The topological polar surface area (TPSA) is 72.1 Å². The fraction of sp³-hybridized carbons (Fsp3) is 0.500.